The lowest BCUT2D eigenvalue weighted by Crippen LogP contribution is -2.59. The number of benzene rings is 1. The number of piperazine rings is 1. The highest BCUT2D eigenvalue weighted by atomic mass is 16.4. The molecular formula is C15H23N3O2. The van der Waals surface area contributed by atoms with Crippen molar-refractivity contribution in [1.82, 2.24) is 9.80 Å². The van der Waals surface area contributed by atoms with E-state index in [1.807, 2.05) is 18.2 Å². The summed E-state index contributed by atoms with van der Waals surface area (Å²) in [7, 11) is 2.08. The Morgan fingerprint density at radius 1 is 1.40 bits per heavy atom. The third kappa shape index (κ3) is 3.00. The smallest absolute Gasteiger partial charge is 0.329 e. The van der Waals surface area contributed by atoms with Crippen molar-refractivity contribution in [2.45, 2.75) is 18.5 Å². The number of hydrogen-bond acceptors (Lipinski definition) is 4. The van der Waals surface area contributed by atoms with E-state index in [1.54, 1.807) is 12.1 Å². The molecular weight excluding hydrogens is 254 g/mol. The zero-order valence-electron chi connectivity index (χ0n) is 12.1. The molecule has 2 unspecified atom stereocenters. The molecule has 1 aliphatic heterocycles. The van der Waals surface area contributed by atoms with Gasteiger partial charge in [0.1, 0.15) is 0 Å². The average Bonchev–Trinajstić information content (AvgIpc) is 2.42. The van der Waals surface area contributed by atoms with Gasteiger partial charge in [-0.05, 0) is 19.5 Å². The van der Waals surface area contributed by atoms with Crippen LogP contribution in [0, 0.1) is 0 Å². The van der Waals surface area contributed by atoms with Gasteiger partial charge in [0.2, 0.25) is 0 Å². The molecule has 110 valence electrons. The molecule has 0 amide bonds. The van der Waals surface area contributed by atoms with Crippen LogP contribution in [-0.4, -0.2) is 60.1 Å². The summed E-state index contributed by atoms with van der Waals surface area (Å²) < 4.78 is 0. The van der Waals surface area contributed by atoms with E-state index in [2.05, 4.69) is 23.8 Å². The minimum atomic E-state index is -1.36. The van der Waals surface area contributed by atoms with Crippen LogP contribution in [-0.2, 0) is 10.3 Å². The minimum Gasteiger partial charge on any atom is -0.480 e. The molecule has 0 saturated carbocycles. The molecule has 1 aromatic carbocycles. The molecule has 0 aromatic heterocycles. The lowest BCUT2D eigenvalue weighted by atomic mass is 9.89. The lowest BCUT2D eigenvalue weighted by molar-refractivity contribution is -0.145. The van der Waals surface area contributed by atoms with Crippen molar-refractivity contribution in [1.29, 1.82) is 0 Å². The van der Waals surface area contributed by atoms with E-state index in [-0.39, 0.29) is 0 Å². The maximum Gasteiger partial charge on any atom is 0.329 e. The Balaban J connectivity index is 2.20. The van der Waals surface area contributed by atoms with E-state index in [0.29, 0.717) is 18.2 Å². The third-order valence-corrected chi connectivity index (χ3v) is 4.09. The largest absolute Gasteiger partial charge is 0.480 e. The summed E-state index contributed by atoms with van der Waals surface area (Å²) in [6.45, 7) is 5.17. The Bertz CT molecular complexity index is 465. The van der Waals surface area contributed by atoms with Crippen molar-refractivity contribution in [3.05, 3.63) is 35.9 Å². The van der Waals surface area contributed by atoms with Crippen molar-refractivity contribution in [2.24, 2.45) is 5.73 Å². The number of nitrogens with zero attached hydrogens (tertiary/aromatic N) is 2. The number of hydrogen-bond donors (Lipinski definition) is 2. The second kappa shape index (κ2) is 5.91. The molecule has 3 N–H and O–H groups in total. The standard InChI is InChI=1S/C15H23N3O2/c1-12-10-17(2)8-9-18(12)11-15(16,14(19)20)13-6-4-3-5-7-13/h3-7,12H,8-11,16H2,1-2H3,(H,19,20). The SMILES string of the molecule is CC1CN(C)CCN1CC(N)(C(=O)O)c1ccccc1. The van der Waals surface area contributed by atoms with E-state index in [9.17, 15) is 9.90 Å². The Labute approximate surface area is 120 Å². The highest BCUT2D eigenvalue weighted by molar-refractivity contribution is 5.80. The molecule has 1 heterocycles. The first-order valence-electron chi connectivity index (χ1n) is 6.94. The van der Waals surface area contributed by atoms with Crippen LogP contribution >= 0.6 is 0 Å². The number of rotatable bonds is 4. The van der Waals surface area contributed by atoms with Crippen molar-refractivity contribution in [2.75, 3.05) is 33.2 Å². The van der Waals surface area contributed by atoms with Gasteiger partial charge in [-0.15, -0.1) is 0 Å². The van der Waals surface area contributed by atoms with Gasteiger partial charge < -0.3 is 15.7 Å². The molecule has 1 aliphatic rings. The van der Waals surface area contributed by atoms with Gasteiger partial charge in [-0.25, -0.2) is 4.79 Å². The van der Waals surface area contributed by atoms with Crippen molar-refractivity contribution < 1.29 is 9.90 Å². The van der Waals surface area contributed by atoms with Crippen LogP contribution in [0.4, 0.5) is 0 Å². The predicted octanol–water partition coefficient (Wildman–Crippen LogP) is 0.561. The van der Waals surface area contributed by atoms with E-state index in [0.717, 1.165) is 19.6 Å². The fourth-order valence-corrected chi connectivity index (χ4v) is 2.75. The maximum atomic E-state index is 11.7. The Kier molecular flexibility index (Phi) is 4.42. The highest BCUT2D eigenvalue weighted by Crippen LogP contribution is 2.22. The summed E-state index contributed by atoms with van der Waals surface area (Å²) in [6.07, 6.45) is 0. The molecule has 2 rings (SSSR count). The second-order valence-corrected chi connectivity index (χ2v) is 5.72. The molecule has 1 aromatic rings. The van der Waals surface area contributed by atoms with Crippen LogP contribution in [0.3, 0.4) is 0 Å². The van der Waals surface area contributed by atoms with Gasteiger partial charge >= 0.3 is 5.97 Å². The molecule has 5 heteroatoms. The summed E-state index contributed by atoms with van der Waals surface area (Å²) >= 11 is 0. The molecule has 5 nitrogen and oxygen atoms in total. The van der Waals surface area contributed by atoms with Crippen LogP contribution in [0.15, 0.2) is 30.3 Å². The van der Waals surface area contributed by atoms with Gasteiger partial charge in [0, 0.05) is 32.2 Å². The quantitative estimate of drug-likeness (QED) is 0.841. The van der Waals surface area contributed by atoms with Crippen LogP contribution in [0.1, 0.15) is 12.5 Å². The van der Waals surface area contributed by atoms with E-state index in [4.69, 9.17) is 5.73 Å². The molecule has 1 saturated heterocycles. The van der Waals surface area contributed by atoms with E-state index < -0.39 is 11.5 Å². The molecule has 1 fully saturated rings. The number of carboxylic acid groups (broad SMARTS) is 1. The van der Waals surface area contributed by atoms with Gasteiger partial charge in [-0.3, -0.25) is 4.90 Å². The van der Waals surface area contributed by atoms with Gasteiger partial charge in [0.05, 0.1) is 0 Å². The Morgan fingerprint density at radius 2 is 2.05 bits per heavy atom. The molecule has 20 heavy (non-hydrogen) atoms. The lowest BCUT2D eigenvalue weighted by Gasteiger charge is -2.41. The topological polar surface area (TPSA) is 69.8 Å². The summed E-state index contributed by atoms with van der Waals surface area (Å²) in [5, 5.41) is 9.59. The normalized spacial score (nSPS) is 24.2. The molecule has 0 radical (unpaired) electrons. The molecule has 0 spiro atoms. The number of carbonyl (C=O) groups is 1. The first-order valence-corrected chi connectivity index (χ1v) is 6.94. The van der Waals surface area contributed by atoms with Crippen LogP contribution in [0.2, 0.25) is 0 Å². The van der Waals surface area contributed by atoms with Crippen LogP contribution in [0.5, 0.6) is 0 Å². The highest BCUT2D eigenvalue weighted by Gasteiger charge is 2.39. The monoisotopic (exact) mass is 277 g/mol. The fourth-order valence-electron chi connectivity index (χ4n) is 2.75. The minimum absolute atomic E-state index is 0.305. The number of carboxylic acids is 1. The number of likely N-dealkylation sites (N-methyl/N-ethyl adjacent to an activating group) is 1. The second-order valence-electron chi connectivity index (χ2n) is 5.72. The zero-order chi connectivity index (χ0) is 14.8. The Morgan fingerprint density at radius 3 is 2.60 bits per heavy atom. The maximum absolute atomic E-state index is 11.7. The first-order chi connectivity index (χ1) is 9.43. The van der Waals surface area contributed by atoms with Gasteiger partial charge in [-0.2, -0.15) is 0 Å². The predicted molar refractivity (Wildman–Crippen MR) is 78.5 cm³/mol. The zero-order valence-corrected chi connectivity index (χ0v) is 12.1. The number of nitrogens with two attached hydrogens (primary N) is 1. The van der Waals surface area contributed by atoms with Crippen molar-refractivity contribution in [3.63, 3.8) is 0 Å². The average molecular weight is 277 g/mol. The summed E-state index contributed by atoms with van der Waals surface area (Å²) in [5.74, 6) is -0.977. The summed E-state index contributed by atoms with van der Waals surface area (Å²) in [4.78, 5) is 16.1. The number of aliphatic carboxylic acids is 1. The molecule has 0 aliphatic carbocycles. The Hall–Kier alpha value is -1.43. The van der Waals surface area contributed by atoms with Crippen LogP contribution in [0.25, 0.3) is 0 Å². The van der Waals surface area contributed by atoms with E-state index >= 15 is 0 Å². The van der Waals surface area contributed by atoms with Crippen molar-refractivity contribution >= 4 is 5.97 Å². The van der Waals surface area contributed by atoms with Gasteiger partial charge in [0.15, 0.2) is 5.54 Å². The first kappa shape index (κ1) is 15.0. The fraction of sp³-hybridized carbons (Fsp3) is 0.533. The summed E-state index contributed by atoms with van der Waals surface area (Å²) in [5.41, 5.74) is 5.53. The van der Waals surface area contributed by atoms with Crippen molar-refractivity contribution in [3.8, 4) is 0 Å². The third-order valence-electron chi connectivity index (χ3n) is 4.09. The van der Waals surface area contributed by atoms with Gasteiger partial charge in [-0.1, -0.05) is 30.3 Å². The van der Waals surface area contributed by atoms with E-state index in [1.165, 1.54) is 0 Å². The summed E-state index contributed by atoms with van der Waals surface area (Å²) in [6, 6.07) is 9.40. The molecule has 2 atom stereocenters. The molecule has 0 bridgehead atoms. The van der Waals surface area contributed by atoms with Gasteiger partial charge in [0.25, 0.3) is 0 Å². The van der Waals surface area contributed by atoms with Crippen LogP contribution < -0.4 is 5.73 Å².